The number of ether oxygens (including phenoxy) is 1. The molecule has 4 N–H and O–H groups in total. The molecule has 0 aromatic heterocycles. The van der Waals surface area contributed by atoms with Crippen LogP contribution in [0.3, 0.4) is 0 Å². The first-order valence-corrected chi connectivity index (χ1v) is 8.45. The smallest absolute Gasteiger partial charge is 0.312 e. The maximum Gasteiger partial charge on any atom is 0.312 e. The van der Waals surface area contributed by atoms with Gasteiger partial charge < -0.3 is 21.1 Å². The number of benzene rings is 2. The number of rotatable bonds is 7. The SMILES string of the molecule is COC(=O)C[C@H](NC(=O)c1ccc(CNC(N)=O)cc1)c1ccc(C)cc1. The number of carbonyl (C=O) groups excluding carboxylic acids is 3. The van der Waals surface area contributed by atoms with Crippen LogP contribution in [0.15, 0.2) is 48.5 Å². The minimum Gasteiger partial charge on any atom is -0.469 e. The normalized spacial score (nSPS) is 11.3. The zero-order valence-corrected chi connectivity index (χ0v) is 15.3. The molecule has 2 aromatic carbocycles. The van der Waals surface area contributed by atoms with Crippen molar-refractivity contribution in [3.05, 3.63) is 70.8 Å². The largest absolute Gasteiger partial charge is 0.469 e. The highest BCUT2D eigenvalue weighted by Crippen LogP contribution is 2.19. The summed E-state index contributed by atoms with van der Waals surface area (Å²) in [5.41, 5.74) is 8.20. The lowest BCUT2D eigenvalue weighted by Gasteiger charge is -2.18. The first kappa shape index (κ1) is 20.0. The molecule has 0 saturated carbocycles. The molecule has 0 unspecified atom stereocenters. The Kier molecular flexibility index (Phi) is 6.93. The zero-order chi connectivity index (χ0) is 19.8. The maximum absolute atomic E-state index is 12.6. The number of methoxy groups -OCH3 is 1. The number of aryl methyl sites for hydroxylation is 1. The van der Waals surface area contributed by atoms with Gasteiger partial charge in [0.15, 0.2) is 0 Å². The molecular formula is C20H23N3O4. The summed E-state index contributed by atoms with van der Waals surface area (Å²) in [6.45, 7) is 2.25. The van der Waals surface area contributed by atoms with E-state index < -0.39 is 18.0 Å². The molecular weight excluding hydrogens is 346 g/mol. The molecule has 0 fully saturated rings. The molecule has 3 amide bonds. The van der Waals surface area contributed by atoms with Gasteiger partial charge in [0.1, 0.15) is 0 Å². The van der Waals surface area contributed by atoms with Crippen LogP contribution in [0.1, 0.15) is 39.5 Å². The summed E-state index contributed by atoms with van der Waals surface area (Å²) in [7, 11) is 1.31. The van der Waals surface area contributed by atoms with Crippen molar-refractivity contribution in [3.8, 4) is 0 Å². The van der Waals surface area contributed by atoms with E-state index in [1.807, 2.05) is 31.2 Å². The molecule has 0 aliphatic rings. The summed E-state index contributed by atoms with van der Waals surface area (Å²) in [4.78, 5) is 35.1. The van der Waals surface area contributed by atoms with E-state index in [2.05, 4.69) is 10.6 Å². The van der Waals surface area contributed by atoms with Gasteiger partial charge in [-0.1, -0.05) is 42.0 Å². The van der Waals surface area contributed by atoms with Crippen molar-refractivity contribution in [2.45, 2.75) is 25.9 Å². The van der Waals surface area contributed by atoms with Crippen LogP contribution in [0, 0.1) is 6.92 Å². The van der Waals surface area contributed by atoms with Gasteiger partial charge >= 0.3 is 12.0 Å². The Morgan fingerprint density at radius 2 is 1.67 bits per heavy atom. The van der Waals surface area contributed by atoms with Gasteiger partial charge in [0.2, 0.25) is 0 Å². The van der Waals surface area contributed by atoms with E-state index >= 15 is 0 Å². The molecule has 0 spiro atoms. The predicted octanol–water partition coefficient (Wildman–Crippen LogP) is 2.20. The highest BCUT2D eigenvalue weighted by atomic mass is 16.5. The fourth-order valence-electron chi connectivity index (χ4n) is 2.51. The molecule has 1 atom stereocenters. The van der Waals surface area contributed by atoms with Crippen LogP contribution in [-0.2, 0) is 16.1 Å². The van der Waals surface area contributed by atoms with E-state index in [4.69, 9.17) is 10.5 Å². The fraction of sp³-hybridized carbons (Fsp3) is 0.250. The van der Waals surface area contributed by atoms with Crippen molar-refractivity contribution in [2.75, 3.05) is 7.11 Å². The highest BCUT2D eigenvalue weighted by Gasteiger charge is 2.19. The Bertz CT molecular complexity index is 801. The Morgan fingerprint density at radius 1 is 1.04 bits per heavy atom. The summed E-state index contributed by atoms with van der Waals surface area (Å²) < 4.78 is 4.74. The third-order valence-corrected chi connectivity index (χ3v) is 4.07. The van der Waals surface area contributed by atoms with Crippen molar-refractivity contribution < 1.29 is 19.1 Å². The molecule has 7 heteroatoms. The van der Waals surface area contributed by atoms with Gasteiger partial charge in [-0.2, -0.15) is 0 Å². The van der Waals surface area contributed by atoms with Crippen molar-refractivity contribution in [1.29, 1.82) is 0 Å². The Hall–Kier alpha value is -3.35. The van der Waals surface area contributed by atoms with Crippen LogP contribution < -0.4 is 16.4 Å². The summed E-state index contributed by atoms with van der Waals surface area (Å²) in [6, 6.07) is 13.2. The third kappa shape index (κ3) is 6.14. The fourth-order valence-corrected chi connectivity index (χ4v) is 2.51. The van der Waals surface area contributed by atoms with Crippen LogP contribution in [0.2, 0.25) is 0 Å². The Morgan fingerprint density at radius 3 is 2.22 bits per heavy atom. The second-order valence-corrected chi connectivity index (χ2v) is 6.13. The van der Waals surface area contributed by atoms with Gasteiger partial charge in [0.25, 0.3) is 5.91 Å². The number of hydrogen-bond donors (Lipinski definition) is 3. The Balaban J connectivity index is 2.11. The summed E-state index contributed by atoms with van der Waals surface area (Å²) in [5.74, 6) is -0.715. The molecule has 0 saturated heterocycles. The van der Waals surface area contributed by atoms with Gasteiger partial charge in [0, 0.05) is 12.1 Å². The lowest BCUT2D eigenvalue weighted by Crippen LogP contribution is -2.30. The van der Waals surface area contributed by atoms with E-state index in [1.165, 1.54) is 7.11 Å². The van der Waals surface area contributed by atoms with Gasteiger partial charge in [-0.25, -0.2) is 4.79 Å². The topological polar surface area (TPSA) is 111 Å². The minimum atomic E-state index is -0.611. The van der Waals surface area contributed by atoms with E-state index in [0.29, 0.717) is 5.56 Å². The predicted molar refractivity (Wildman–Crippen MR) is 101 cm³/mol. The molecule has 142 valence electrons. The lowest BCUT2D eigenvalue weighted by atomic mass is 10.0. The lowest BCUT2D eigenvalue weighted by molar-refractivity contribution is -0.141. The quantitative estimate of drug-likeness (QED) is 0.650. The number of hydrogen-bond acceptors (Lipinski definition) is 4. The highest BCUT2D eigenvalue weighted by molar-refractivity contribution is 5.94. The van der Waals surface area contributed by atoms with Crippen molar-refractivity contribution in [1.82, 2.24) is 10.6 Å². The summed E-state index contributed by atoms with van der Waals surface area (Å²) in [6.07, 6.45) is 0.0336. The van der Waals surface area contributed by atoms with Crippen LogP contribution in [0.4, 0.5) is 4.79 Å². The minimum absolute atomic E-state index is 0.0336. The number of esters is 1. The molecule has 7 nitrogen and oxygen atoms in total. The van der Waals surface area contributed by atoms with E-state index in [-0.39, 0.29) is 18.9 Å². The molecule has 0 radical (unpaired) electrons. The van der Waals surface area contributed by atoms with Crippen LogP contribution >= 0.6 is 0 Å². The number of nitrogens with one attached hydrogen (secondary N) is 2. The van der Waals surface area contributed by atoms with Crippen LogP contribution in [0.25, 0.3) is 0 Å². The molecule has 0 aliphatic carbocycles. The number of primary amides is 1. The second-order valence-electron chi connectivity index (χ2n) is 6.13. The van der Waals surface area contributed by atoms with Gasteiger partial charge in [-0.15, -0.1) is 0 Å². The van der Waals surface area contributed by atoms with Gasteiger partial charge in [0.05, 0.1) is 19.6 Å². The number of carbonyl (C=O) groups is 3. The van der Waals surface area contributed by atoms with E-state index in [9.17, 15) is 14.4 Å². The zero-order valence-electron chi connectivity index (χ0n) is 15.3. The summed E-state index contributed by atoms with van der Waals surface area (Å²) in [5, 5.41) is 5.36. The van der Waals surface area contributed by atoms with Gasteiger partial charge in [-0.3, -0.25) is 9.59 Å². The number of nitrogens with two attached hydrogens (primary N) is 1. The summed E-state index contributed by atoms with van der Waals surface area (Å²) >= 11 is 0. The molecule has 27 heavy (non-hydrogen) atoms. The first-order chi connectivity index (χ1) is 12.9. The van der Waals surface area contributed by atoms with Crippen LogP contribution in [0.5, 0.6) is 0 Å². The van der Waals surface area contributed by atoms with E-state index in [0.717, 1.165) is 16.7 Å². The molecule has 0 bridgehead atoms. The maximum atomic E-state index is 12.6. The molecule has 2 rings (SSSR count). The average Bonchev–Trinajstić information content (AvgIpc) is 2.66. The molecule has 0 heterocycles. The monoisotopic (exact) mass is 369 g/mol. The molecule has 0 aliphatic heterocycles. The standard InChI is InChI=1S/C20H23N3O4/c1-13-3-7-15(8-4-13)17(11-18(24)27-2)23-19(25)16-9-5-14(6-10-16)12-22-20(21)26/h3-10,17H,11-12H2,1-2H3,(H,23,25)(H3,21,22,26)/t17-/m0/s1. The first-order valence-electron chi connectivity index (χ1n) is 8.45. The van der Waals surface area contributed by atoms with Crippen molar-refractivity contribution in [3.63, 3.8) is 0 Å². The van der Waals surface area contributed by atoms with Crippen molar-refractivity contribution >= 4 is 17.9 Å². The number of amides is 3. The average molecular weight is 369 g/mol. The second kappa shape index (κ2) is 9.38. The van der Waals surface area contributed by atoms with E-state index in [1.54, 1.807) is 24.3 Å². The Labute approximate surface area is 157 Å². The van der Waals surface area contributed by atoms with Crippen LogP contribution in [-0.4, -0.2) is 25.0 Å². The molecule has 2 aromatic rings. The van der Waals surface area contributed by atoms with Gasteiger partial charge in [-0.05, 0) is 30.2 Å². The third-order valence-electron chi connectivity index (χ3n) is 4.07. The number of urea groups is 1. The van der Waals surface area contributed by atoms with Crippen molar-refractivity contribution in [2.24, 2.45) is 5.73 Å².